The van der Waals surface area contributed by atoms with Crippen molar-refractivity contribution in [1.29, 1.82) is 0 Å². The largest absolute Gasteiger partial charge is 0.375 e. The van der Waals surface area contributed by atoms with Gasteiger partial charge >= 0.3 is 0 Å². The monoisotopic (exact) mass is 225 g/mol. The van der Waals surface area contributed by atoms with Crippen molar-refractivity contribution in [3.63, 3.8) is 0 Å². The van der Waals surface area contributed by atoms with Crippen molar-refractivity contribution in [3.05, 3.63) is 5.82 Å². The summed E-state index contributed by atoms with van der Waals surface area (Å²) < 4.78 is 9.94. The zero-order chi connectivity index (χ0) is 10.3. The first-order valence-electron chi connectivity index (χ1n) is 5.53. The van der Waals surface area contributed by atoms with Crippen LogP contribution in [-0.2, 0) is 4.74 Å². The molecule has 0 amide bonds. The van der Waals surface area contributed by atoms with Crippen LogP contribution < -0.4 is 4.90 Å². The van der Waals surface area contributed by atoms with Crippen molar-refractivity contribution in [2.24, 2.45) is 0 Å². The van der Waals surface area contributed by atoms with Crippen molar-refractivity contribution in [3.8, 4) is 0 Å². The zero-order valence-corrected chi connectivity index (χ0v) is 9.66. The lowest BCUT2D eigenvalue weighted by atomic mass is 10.3. The van der Waals surface area contributed by atoms with Crippen molar-refractivity contribution < 1.29 is 4.74 Å². The maximum absolute atomic E-state index is 5.51. The van der Waals surface area contributed by atoms with E-state index >= 15 is 0 Å². The average molecular weight is 225 g/mol. The highest BCUT2D eigenvalue weighted by Crippen LogP contribution is 2.39. The Morgan fingerprint density at radius 2 is 2.33 bits per heavy atom. The third-order valence-electron chi connectivity index (χ3n) is 2.89. The highest BCUT2D eigenvalue weighted by Gasteiger charge is 2.29. The molecular weight excluding hydrogens is 210 g/mol. The quantitative estimate of drug-likeness (QED) is 0.767. The first-order chi connectivity index (χ1) is 7.33. The summed E-state index contributed by atoms with van der Waals surface area (Å²) in [6, 6.07) is 0. The minimum Gasteiger partial charge on any atom is -0.375 e. The Bertz CT molecular complexity index is 350. The molecule has 1 saturated heterocycles. The lowest BCUT2D eigenvalue weighted by molar-refractivity contribution is 0.0532. The van der Waals surface area contributed by atoms with E-state index in [4.69, 9.17) is 4.74 Å². The molecular formula is C10H15N3OS. The van der Waals surface area contributed by atoms with Gasteiger partial charge < -0.3 is 9.64 Å². The second-order valence-electron chi connectivity index (χ2n) is 4.34. The molecule has 0 radical (unpaired) electrons. The number of aromatic nitrogens is 2. The van der Waals surface area contributed by atoms with E-state index in [9.17, 15) is 0 Å². The molecule has 0 aromatic carbocycles. The number of rotatable bonds is 2. The summed E-state index contributed by atoms with van der Waals surface area (Å²) in [6.07, 6.45) is 2.86. The Kier molecular flexibility index (Phi) is 2.36. The van der Waals surface area contributed by atoms with Crippen molar-refractivity contribution >= 4 is 16.7 Å². The summed E-state index contributed by atoms with van der Waals surface area (Å²) >= 11 is 1.54. The van der Waals surface area contributed by atoms with E-state index in [-0.39, 0.29) is 0 Å². The SMILES string of the molecule is C[C@@H]1CN(c2nc(C3CC3)ns2)CCO1. The van der Waals surface area contributed by atoms with Crippen molar-refractivity contribution in [2.75, 3.05) is 24.6 Å². The molecule has 1 aliphatic heterocycles. The second-order valence-corrected chi connectivity index (χ2v) is 5.07. The number of anilines is 1. The molecule has 4 nitrogen and oxygen atoms in total. The first kappa shape index (κ1) is 9.54. The van der Waals surface area contributed by atoms with Crippen LogP contribution in [0.2, 0.25) is 0 Å². The van der Waals surface area contributed by atoms with E-state index in [1.807, 2.05) is 0 Å². The van der Waals surface area contributed by atoms with Gasteiger partial charge in [0.25, 0.3) is 0 Å². The molecule has 0 N–H and O–H groups in total. The summed E-state index contributed by atoms with van der Waals surface area (Å²) in [5.41, 5.74) is 0. The fourth-order valence-corrected chi connectivity index (χ4v) is 2.64. The van der Waals surface area contributed by atoms with Gasteiger partial charge in [0, 0.05) is 30.5 Å². The van der Waals surface area contributed by atoms with Gasteiger partial charge in [0.2, 0.25) is 5.13 Å². The lowest BCUT2D eigenvalue weighted by Crippen LogP contribution is -2.41. The highest BCUT2D eigenvalue weighted by molar-refractivity contribution is 7.09. The summed E-state index contributed by atoms with van der Waals surface area (Å²) in [6.45, 7) is 4.80. The summed E-state index contributed by atoms with van der Waals surface area (Å²) in [4.78, 5) is 6.90. The molecule has 0 bridgehead atoms. The van der Waals surface area contributed by atoms with Gasteiger partial charge in [-0.05, 0) is 19.8 Å². The highest BCUT2D eigenvalue weighted by atomic mass is 32.1. The van der Waals surface area contributed by atoms with Gasteiger partial charge in [-0.1, -0.05) is 0 Å². The number of ether oxygens (including phenoxy) is 1. The van der Waals surface area contributed by atoms with Gasteiger partial charge in [0.05, 0.1) is 12.7 Å². The normalized spacial score (nSPS) is 27.0. The van der Waals surface area contributed by atoms with Gasteiger partial charge in [-0.3, -0.25) is 0 Å². The van der Waals surface area contributed by atoms with E-state index in [1.165, 1.54) is 24.4 Å². The molecule has 1 aromatic rings. The first-order valence-corrected chi connectivity index (χ1v) is 6.30. The molecule has 82 valence electrons. The summed E-state index contributed by atoms with van der Waals surface area (Å²) in [5.74, 6) is 1.72. The smallest absolute Gasteiger partial charge is 0.205 e. The molecule has 1 aliphatic carbocycles. The third kappa shape index (κ3) is 1.99. The van der Waals surface area contributed by atoms with Crippen LogP contribution in [0.1, 0.15) is 31.5 Å². The van der Waals surface area contributed by atoms with Crippen LogP contribution >= 0.6 is 11.5 Å². The van der Waals surface area contributed by atoms with Crippen LogP contribution in [0, 0.1) is 0 Å². The number of morpholine rings is 1. The van der Waals surface area contributed by atoms with Gasteiger partial charge in [0.1, 0.15) is 5.82 Å². The van der Waals surface area contributed by atoms with E-state index in [1.54, 1.807) is 0 Å². The molecule has 1 atom stereocenters. The molecule has 15 heavy (non-hydrogen) atoms. The van der Waals surface area contributed by atoms with Gasteiger partial charge in [-0.15, -0.1) is 0 Å². The molecule has 2 aliphatic rings. The number of hydrogen-bond donors (Lipinski definition) is 0. The van der Waals surface area contributed by atoms with E-state index in [2.05, 4.69) is 21.2 Å². The fourth-order valence-electron chi connectivity index (χ4n) is 1.85. The van der Waals surface area contributed by atoms with Crippen LogP contribution in [0.15, 0.2) is 0 Å². The Balaban J connectivity index is 1.73. The molecule has 1 saturated carbocycles. The predicted octanol–water partition coefficient (Wildman–Crippen LogP) is 1.64. The molecule has 5 heteroatoms. The second kappa shape index (κ2) is 3.72. The Hall–Kier alpha value is -0.680. The minimum absolute atomic E-state index is 0.312. The van der Waals surface area contributed by atoms with E-state index in [0.717, 1.165) is 30.7 Å². The van der Waals surface area contributed by atoms with Gasteiger partial charge in [0.15, 0.2) is 0 Å². The van der Waals surface area contributed by atoms with Gasteiger partial charge in [-0.25, -0.2) is 4.98 Å². The topological polar surface area (TPSA) is 38.2 Å². The fraction of sp³-hybridized carbons (Fsp3) is 0.800. The van der Waals surface area contributed by atoms with Crippen LogP contribution in [0.4, 0.5) is 5.13 Å². The number of hydrogen-bond acceptors (Lipinski definition) is 5. The van der Waals surface area contributed by atoms with E-state index < -0.39 is 0 Å². The Morgan fingerprint density at radius 3 is 3.07 bits per heavy atom. The van der Waals surface area contributed by atoms with E-state index in [0.29, 0.717) is 12.0 Å². The third-order valence-corrected chi connectivity index (χ3v) is 3.68. The minimum atomic E-state index is 0.312. The zero-order valence-electron chi connectivity index (χ0n) is 8.85. The molecule has 0 spiro atoms. The van der Waals surface area contributed by atoms with Crippen LogP contribution in [-0.4, -0.2) is 35.2 Å². The van der Waals surface area contributed by atoms with Gasteiger partial charge in [-0.2, -0.15) is 4.37 Å². The van der Waals surface area contributed by atoms with Crippen LogP contribution in [0.25, 0.3) is 0 Å². The molecule has 2 heterocycles. The van der Waals surface area contributed by atoms with Crippen molar-refractivity contribution in [2.45, 2.75) is 31.8 Å². The molecule has 0 unspecified atom stereocenters. The molecule has 1 aromatic heterocycles. The standard InChI is InChI=1S/C10H15N3OS/c1-7-6-13(4-5-14-7)10-11-9(12-15-10)8-2-3-8/h7-8H,2-6H2,1H3/t7-/m1/s1. The molecule has 2 fully saturated rings. The molecule has 3 rings (SSSR count). The van der Waals surface area contributed by atoms with Crippen LogP contribution in [0.3, 0.4) is 0 Å². The number of nitrogens with zero attached hydrogens (tertiary/aromatic N) is 3. The van der Waals surface area contributed by atoms with Crippen molar-refractivity contribution in [1.82, 2.24) is 9.36 Å². The summed E-state index contributed by atoms with van der Waals surface area (Å²) in [7, 11) is 0. The Morgan fingerprint density at radius 1 is 1.47 bits per heavy atom. The maximum Gasteiger partial charge on any atom is 0.205 e. The Labute approximate surface area is 93.4 Å². The summed E-state index contributed by atoms with van der Waals surface area (Å²) in [5, 5.41) is 1.08. The lowest BCUT2D eigenvalue weighted by Gasteiger charge is -2.30. The maximum atomic E-state index is 5.51. The predicted molar refractivity (Wildman–Crippen MR) is 59.5 cm³/mol. The van der Waals surface area contributed by atoms with Crippen LogP contribution in [0.5, 0.6) is 0 Å². The average Bonchev–Trinajstić information content (AvgIpc) is 2.97.